The van der Waals surface area contributed by atoms with Gasteiger partial charge in [-0.3, -0.25) is 9.69 Å². The lowest BCUT2D eigenvalue weighted by molar-refractivity contribution is -0.124. The second-order valence-corrected chi connectivity index (χ2v) is 7.02. The summed E-state index contributed by atoms with van der Waals surface area (Å²) in [5, 5.41) is 6.72. The molecule has 1 heterocycles. The van der Waals surface area contributed by atoms with E-state index in [1.165, 1.54) is 31.2 Å². The van der Waals surface area contributed by atoms with Gasteiger partial charge in [0, 0.05) is 25.7 Å². The summed E-state index contributed by atoms with van der Waals surface area (Å²) in [6, 6.07) is 11.1. The van der Waals surface area contributed by atoms with Gasteiger partial charge in [0.05, 0.1) is 12.6 Å². The number of carbonyl (C=O) groups is 1. The van der Waals surface area contributed by atoms with Gasteiger partial charge in [-0.2, -0.15) is 0 Å². The maximum atomic E-state index is 12.6. The second-order valence-electron chi connectivity index (χ2n) is 7.02. The summed E-state index contributed by atoms with van der Waals surface area (Å²) in [4.78, 5) is 14.9. The zero-order chi connectivity index (χ0) is 16.1. The number of nitrogens with zero attached hydrogens (tertiary/aromatic N) is 1. The van der Waals surface area contributed by atoms with Gasteiger partial charge in [0.25, 0.3) is 0 Å². The predicted octanol–water partition coefficient (Wildman–Crippen LogP) is 2.33. The van der Waals surface area contributed by atoms with Crippen LogP contribution in [0.15, 0.2) is 30.3 Å². The highest BCUT2D eigenvalue weighted by Gasteiger charge is 2.28. The molecule has 1 aliphatic carbocycles. The van der Waals surface area contributed by atoms with Crippen molar-refractivity contribution in [1.29, 1.82) is 0 Å². The van der Waals surface area contributed by atoms with Crippen molar-refractivity contribution in [3.05, 3.63) is 35.9 Å². The van der Waals surface area contributed by atoms with E-state index in [0.29, 0.717) is 18.5 Å². The smallest absolute Gasteiger partial charge is 0.234 e. The molecule has 1 saturated carbocycles. The van der Waals surface area contributed by atoms with E-state index in [4.69, 9.17) is 0 Å². The molecule has 1 aromatic rings. The number of rotatable bonds is 5. The second kappa shape index (κ2) is 7.93. The first-order valence-corrected chi connectivity index (χ1v) is 9.03. The summed E-state index contributed by atoms with van der Waals surface area (Å²) in [6.07, 6.45) is 5.03. The Bertz CT molecular complexity index is 499. The van der Waals surface area contributed by atoms with Gasteiger partial charge >= 0.3 is 0 Å². The highest BCUT2D eigenvalue weighted by molar-refractivity contribution is 5.78. The van der Waals surface area contributed by atoms with Crippen molar-refractivity contribution >= 4 is 5.91 Å². The molecule has 3 rings (SSSR count). The molecule has 1 unspecified atom stereocenters. The molecular formula is C19H29N3O. The quantitative estimate of drug-likeness (QED) is 0.876. The monoisotopic (exact) mass is 315 g/mol. The molecule has 2 fully saturated rings. The minimum Gasteiger partial charge on any atom is -0.348 e. The van der Waals surface area contributed by atoms with Gasteiger partial charge in [-0.1, -0.05) is 43.2 Å². The number of piperazine rings is 1. The molecular weight excluding hydrogens is 286 g/mol. The third-order valence-electron chi connectivity index (χ3n) is 5.33. The van der Waals surface area contributed by atoms with E-state index in [1.54, 1.807) is 0 Å². The molecule has 0 radical (unpaired) electrons. The molecule has 23 heavy (non-hydrogen) atoms. The van der Waals surface area contributed by atoms with Crippen LogP contribution in [-0.4, -0.2) is 43.0 Å². The van der Waals surface area contributed by atoms with E-state index in [1.807, 2.05) is 6.07 Å². The third-order valence-corrected chi connectivity index (χ3v) is 5.33. The zero-order valence-corrected chi connectivity index (χ0v) is 14.1. The fourth-order valence-corrected chi connectivity index (χ4v) is 3.95. The molecule has 126 valence electrons. The molecule has 1 amide bonds. The Hall–Kier alpha value is -1.39. The first kappa shape index (κ1) is 16.5. The minimum atomic E-state index is 0.166. The van der Waals surface area contributed by atoms with Gasteiger partial charge in [-0.25, -0.2) is 0 Å². The Morgan fingerprint density at radius 3 is 2.74 bits per heavy atom. The number of carbonyl (C=O) groups excluding carboxylic acids is 1. The van der Waals surface area contributed by atoms with Crippen LogP contribution in [0.2, 0.25) is 0 Å². The molecule has 0 bridgehead atoms. The zero-order valence-electron chi connectivity index (χ0n) is 14.1. The van der Waals surface area contributed by atoms with E-state index in [-0.39, 0.29) is 11.9 Å². The summed E-state index contributed by atoms with van der Waals surface area (Å²) in [5.41, 5.74) is 1.25. The molecule has 1 aromatic carbocycles. The van der Waals surface area contributed by atoms with Gasteiger partial charge in [0.1, 0.15) is 0 Å². The normalized spacial score (nSPS) is 24.5. The lowest BCUT2D eigenvalue weighted by atomic mass is 9.91. The first-order valence-electron chi connectivity index (χ1n) is 9.03. The molecule has 0 spiro atoms. The van der Waals surface area contributed by atoms with Crippen LogP contribution in [0.1, 0.15) is 44.2 Å². The molecule has 1 aliphatic heterocycles. The van der Waals surface area contributed by atoms with Gasteiger partial charge in [0.15, 0.2) is 0 Å². The Kier molecular flexibility index (Phi) is 5.68. The van der Waals surface area contributed by atoms with Crippen LogP contribution in [-0.2, 0) is 4.79 Å². The van der Waals surface area contributed by atoms with Crippen LogP contribution in [0.4, 0.5) is 0 Å². The molecule has 2 N–H and O–H groups in total. The van der Waals surface area contributed by atoms with Crippen molar-refractivity contribution in [1.82, 2.24) is 15.5 Å². The van der Waals surface area contributed by atoms with Gasteiger partial charge in [-0.05, 0) is 31.2 Å². The Morgan fingerprint density at radius 1 is 1.30 bits per heavy atom. The molecule has 2 atom stereocenters. The van der Waals surface area contributed by atoms with Crippen LogP contribution < -0.4 is 10.6 Å². The molecule has 4 heteroatoms. The fraction of sp³-hybridized carbons (Fsp3) is 0.632. The molecule has 1 saturated heterocycles. The van der Waals surface area contributed by atoms with E-state index in [2.05, 4.69) is 46.7 Å². The third kappa shape index (κ3) is 4.33. The number of amides is 1. The van der Waals surface area contributed by atoms with Crippen LogP contribution >= 0.6 is 0 Å². The molecule has 4 nitrogen and oxygen atoms in total. The lowest BCUT2D eigenvalue weighted by Crippen LogP contribution is -2.53. The molecule has 0 aromatic heterocycles. The van der Waals surface area contributed by atoms with E-state index in [9.17, 15) is 4.79 Å². The van der Waals surface area contributed by atoms with Gasteiger partial charge < -0.3 is 10.6 Å². The van der Waals surface area contributed by atoms with E-state index in [0.717, 1.165) is 19.6 Å². The highest BCUT2D eigenvalue weighted by atomic mass is 16.2. The molecule has 2 aliphatic rings. The Balaban J connectivity index is 1.64. The van der Waals surface area contributed by atoms with Crippen molar-refractivity contribution in [2.24, 2.45) is 5.92 Å². The van der Waals surface area contributed by atoms with Crippen molar-refractivity contribution in [3.63, 3.8) is 0 Å². The average Bonchev–Trinajstić information content (AvgIpc) is 3.10. The van der Waals surface area contributed by atoms with Crippen molar-refractivity contribution in [3.8, 4) is 0 Å². The summed E-state index contributed by atoms with van der Waals surface area (Å²) < 4.78 is 0. The number of hydrogen-bond acceptors (Lipinski definition) is 3. The Labute approximate surface area is 139 Å². The standard InChI is InChI=1S/C19H29N3O/c1-15-13-20-11-12-22(15)14-18(23)21-19(17-9-5-6-10-17)16-7-3-2-4-8-16/h2-4,7-8,15,17,19-20H,5-6,9-14H2,1H3,(H,21,23)/t15-,19?/m0/s1. The highest BCUT2D eigenvalue weighted by Crippen LogP contribution is 2.35. The van der Waals surface area contributed by atoms with Crippen molar-refractivity contribution < 1.29 is 4.79 Å². The van der Waals surface area contributed by atoms with Crippen LogP contribution in [0.3, 0.4) is 0 Å². The number of benzene rings is 1. The van der Waals surface area contributed by atoms with Gasteiger partial charge in [0.2, 0.25) is 5.91 Å². The van der Waals surface area contributed by atoms with Crippen molar-refractivity contribution in [2.75, 3.05) is 26.2 Å². The SMILES string of the molecule is C[C@H]1CNCCN1CC(=O)NC(c1ccccc1)C1CCCC1. The van der Waals surface area contributed by atoms with Crippen LogP contribution in [0.5, 0.6) is 0 Å². The van der Waals surface area contributed by atoms with Crippen LogP contribution in [0, 0.1) is 5.92 Å². The Morgan fingerprint density at radius 2 is 2.04 bits per heavy atom. The predicted molar refractivity (Wildman–Crippen MR) is 93.2 cm³/mol. The summed E-state index contributed by atoms with van der Waals surface area (Å²) in [7, 11) is 0. The lowest BCUT2D eigenvalue weighted by Gasteiger charge is -2.34. The number of nitrogens with one attached hydrogen (secondary N) is 2. The van der Waals surface area contributed by atoms with Crippen molar-refractivity contribution in [2.45, 2.75) is 44.7 Å². The van der Waals surface area contributed by atoms with Gasteiger partial charge in [-0.15, -0.1) is 0 Å². The summed E-state index contributed by atoms with van der Waals surface area (Å²) >= 11 is 0. The van der Waals surface area contributed by atoms with E-state index < -0.39 is 0 Å². The number of hydrogen-bond donors (Lipinski definition) is 2. The van der Waals surface area contributed by atoms with Crippen LogP contribution in [0.25, 0.3) is 0 Å². The summed E-state index contributed by atoms with van der Waals surface area (Å²) in [6.45, 7) is 5.60. The maximum absolute atomic E-state index is 12.6. The minimum absolute atomic E-state index is 0.166. The topological polar surface area (TPSA) is 44.4 Å². The maximum Gasteiger partial charge on any atom is 0.234 e. The average molecular weight is 315 g/mol. The largest absolute Gasteiger partial charge is 0.348 e. The summed E-state index contributed by atoms with van der Waals surface area (Å²) in [5.74, 6) is 0.751. The fourth-order valence-electron chi connectivity index (χ4n) is 3.95. The van der Waals surface area contributed by atoms with E-state index >= 15 is 0 Å². The first-order chi connectivity index (χ1) is 11.2.